The van der Waals surface area contributed by atoms with Gasteiger partial charge in [0.25, 0.3) is 0 Å². The lowest BCUT2D eigenvalue weighted by Crippen LogP contribution is -2.09. The third kappa shape index (κ3) is 3.93. The van der Waals surface area contributed by atoms with Crippen molar-refractivity contribution in [2.75, 3.05) is 0 Å². The van der Waals surface area contributed by atoms with Crippen LogP contribution in [0, 0.1) is 11.8 Å². The van der Waals surface area contributed by atoms with Crippen LogP contribution in [0.25, 0.3) is 0 Å². The van der Waals surface area contributed by atoms with Crippen molar-refractivity contribution in [1.29, 1.82) is 0 Å². The smallest absolute Gasteiger partial charge is 0.0574 e. The molecule has 0 unspecified atom stereocenters. The summed E-state index contributed by atoms with van der Waals surface area (Å²) in [5, 5.41) is 0. The predicted molar refractivity (Wildman–Crippen MR) is 69.2 cm³/mol. The van der Waals surface area contributed by atoms with Crippen LogP contribution < -0.4 is 5.73 Å². The summed E-state index contributed by atoms with van der Waals surface area (Å²) in [4.78, 5) is 4.66. The summed E-state index contributed by atoms with van der Waals surface area (Å²) < 4.78 is 0. The van der Waals surface area contributed by atoms with Crippen LogP contribution in [0.3, 0.4) is 0 Å². The Morgan fingerprint density at radius 3 is 2.19 bits per heavy atom. The Hall–Kier alpha value is -0.890. The zero-order valence-electron chi connectivity index (χ0n) is 11.0. The molecule has 2 N–H and O–H groups in total. The van der Waals surface area contributed by atoms with Gasteiger partial charge >= 0.3 is 0 Å². The molecule has 16 heavy (non-hydrogen) atoms. The van der Waals surface area contributed by atoms with Crippen molar-refractivity contribution in [1.82, 2.24) is 4.98 Å². The number of rotatable bonds is 5. The van der Waals surface area contributed by atoms with Gasteiger partial charge in [-0.2, -0.15) is 0 Å². The second-order valence-corrected chi connectivity index (χ2v) is 5.31. The monoisotopic (exact) mass is 220 g/mol. The van der Waals surface area contributed by atoms with E-state index in [0.29, 0.717) is 18.4 Å². The second-order valence-electron chi connectivity index (χ2n) is 5.31. The van der Waals surface area contributed by atoms with Gasteiger partial charge in [0.1, 0.15) is 0 Å². The zero-order valence-corrected chi connectivity index (χ0v) is 11.0. The summed E-state index contributed by atoms with van der Waals surface area (Å²) in [7, 11) is 0. The van der Waals surface area contributed by atoms with Crippen molar-refractivity contribution in [2.45, 2.75) is 47.1 Å². The van der Waals surface area contributed by atoms with E-state index in [1.807, 2.05) is 0 Å². The van der Waals surface area contributed by atoms with E-state index < -0.39 is 0 Å². The molecule has 0 saturated carbocycles. The maximum absolute atomic E-state index is 5.76. The molecule has 0 aliphatic rings. The normalized spacial score (nSPS) is 11.4. The molecule has 0 radical (unpaired) electrons. The van der Waals surface area contributed by atoms with E-state index in [1.165, 1.54) is 11.3 Å². The van der Waals surface area contributed by atoms with Gasteiger partial charge in [-0.3, -0.25) is 4.98 Å². The van der Waals surface area contributed by atoms with Gasteiger partial charge in [-0.05, 0) is 36.3 Å². The average molecular weight is 220 g/mol. The van der Waals surface area contributed by atoms with Gasteiger partial charge in [0.05, 0.1) is 5.69 Å². The highest BCUT2D eigenvalue weighted by molar-refractivity contribution is 5.23. The Morgan fingerprint density at radius 2 is 1.69 bits per heavy atom. The number of nitrogens with zero attached hydrogens (tertiary/aromatic N) is 1. The molecular weight excluding hydrogens is 196 g/mol. The lowest BCUT2D eigenvalue weighted by molar-refractivity contribution is 0.621. The van der Waals surface area contributed by atoms with E-state index in [0.717, 1.165) is 18.5 Å². The van der Waals surface area contributed by atoms with Crippen LogP contribution in [0.1, 0.15) is 44.6 Å². The summed E-state index contributed by atoms with van der Waals surface area (Å²) in [6, 6.07) is 4.35. The Kier molecular flexibility index (Phi) is 4.94. The van der Waals surface area contributed by atoms with Crippen LogP contribution in [0.4, 0.5) is 0 Å². The summed E-state index contributed by atoms with van der Waals surface area (Å²) in [6.07, 6.45) is 2.11. The summed E-state index contributed by atoms with van der Waals surface area (Å²) in [5.74, 6) is 1.30. The first kappa shape index (κ1) is 13.2. The molecule has 1 aromatic heterocycles. The Morgan fingerprint density at radius 1 is 1.06 bits per heavy atom. The van der Waals surface area contributed by atoms with Crippen molar-refractivity contribution >= 4 is 0 Å². The fourth-order valence-corrected chi connectivity index (χ4v) is 1.91. The molecule has 0 atom stereocenters. The molecule has 1 rings (SSSR count). The van der Waals surface area contributed by atoms with Gasteiger partial charge in [-0.1, -0.05) is 33.8 Å². The van der Waals surface area contributed by atoms with Gasteiger partial charge in [0.15, 0.2) is 0 Å². The minimum atomic E-state index is 0.550. The first-order valence-electron chi connectivity index (χ1n) is 6.20. The molecule has 2 nitrogen and oxygen atoms in total. The third-order valence-electron chi connectivity index (χ3n) is 2.57. The molecule has 0 saturated heterocycles. The highest BCUT2D eigenvalue weighted by atomic mass is 14.8. The number of aromatic nitrogens is 1. The molecule has 0 amide bonds. The summed E-state index contributed by atoms with van der Waals surface area (Å²) in [5.41, 5.74) is 9.32. The zero-order chi connectivity index (χ0) is 12.1. The van der Waals surface area contributed by atoms with Crippen molar-refractivity contribution in [3.05, 3.63) is 29.1 Å². The quantitative estimate of drug-likeness (QED) is 0.828. The number of hydrogen-bond donors (Lipinski definition) is 1. The van der Waals surface area contributed by atoms with Crippen LogP contribution >= 0.6 is 0 Å². The molecular formula is C14H24N2. The van der Waals surface area contributed by atoms with E-state index in [2.05, 4.69) is 44.8 Å². The van der Waals surface area contributed by atoms with Crippen LogP contribution in [-0.4, -0.2) is 4.98 Å². The highest BCUT2D eigenvalue weighted by Crippen LogP contribution is 2.14. The Balaban J connectivity index is 2.88. The number of hydrogen-bond acceptors (Lipinski definition) is 2. The van der Waals surface area contributed by atoms with Crippen LogP contribution in [0.15, 0.2) is 12.1 Å². The van der Waals surface area contributed by atoms with Gasteiger partial charge in [0.2, 0.25) is 0 Å². The SMILES string of the molecule is CC(C)Cc1ccc(CC(C)C)c(CN)n1. The number of nitrogens with two attached hydrogens (primary N) is 1. The largest absolute Gasteiger partial charge is 0.325 e. The molecule has 0 aliphatic carbocycles. The number of pyridine rings is 1. The molecule has 2 heteroatoms. The molecule has 0 aliphatic heterocycles. The van der Waals surface area contributed by atoms with Crippen molar-refractivity contribution in [3.63, 3.8) is 0 Å². The summed E-state index contributed by atoms with van der Waals surface area (Å²) >= 11 is 0. The lowest BCUT2D eigenvalue weighted by Gasteiger charge is -2.12. The van der Waals surface area contributed by atoms with Crippen molar-refractivity contribution in [2.24, 2.45) is 17.6 Å². The second kappa shape index (κ2) is 6.00. The standard InChI is InChI=1S/C14H24N2/c1-10(2)7-12-5-6-13(8-11(3)4)16-14(12)9-15/h5-6,10-11H,7-9,15H2,1-4H3. The van der Waals surface area contributed by atoms with Gasteiger partial charge < -0.3 is 5.73 Å². The fraction of sp³-hybridized carbons (Fsp3) is 0.643. The molecule has 0 bridgehead atoms. The molecule has 0 spiro atoms. The molecule has 0 fully saturated rings. The molecule has 1 heterocycles. The molecule has 0 aromatic carbocycles. The predicted octanol–water partition coefficient (Wildman–Crippen LogP) is 2.94. The van der Waals surface area contributed by atoms with Crippen molar-refractivity contribution < 1.29 is 0 Å². The minimum absolute atomic E-state index is 0.550. The average Bonchev–Trinajstić information content (AvgIpc) is 2.18. The maximum atomic E-state index is 5.76. The van der Waals surface area contributed by atoms with Crippen LogP contribution in [0.2, 0.25) is 0 Å². The topological polar surface area (TPSA) is 38.9 Å². The lowest BCUT2D eigenvalue weighted by atomic mass is 9.99. The maximum Gasteiger partial charge on any atom is 0.0574 e. The Bertz CT molecular complexity index is 330. The van der Waals surface area contributed by atoms with E-state index in [-0.39, 0.29) is 0 Å². The van der Waals surface area contributed by atoms with E-state index in [1.54, 1.807) is 0 Å². The first-order valence-corrected chi connectivity index (χ1v) is 6.20. The molecule has 1 aromatic rings. The third-order valence-corrected chi connectivity index (χ3v) is 2.57. The first-order chi connectivity index (χ1) is 7.52. The van der Waals surface area contributed by atoms with Crippen molar-refractivity contribution in [3.8, 4) is 0 Å². The minimum Gasteiger partial charge on any atom is -0.325 e. The van der Waals surface area contributed by atoms with Gasteiger partial charge in [-0.25, -0.2) is 0 Å². The highest BCUT2D eigenvalue weighted by Gasteiger charge is 2.07. The fourth-order valence-electron chi connectivity index (χ4n) is 1.91. The van der Waals surface area contributed by atoms with Crippen LogP contribution in [0.5, 0.6) is 0 Å². The van der Waals surface area contributed by atoms with E-state index in [9.17, 15) is 0 Å². The van der Waals surface area contributed by atoms with Gasteiger partial charge in [0, 0.05) is 12.2 Å². The summed E-state index contributed by atoms with van der Waals surface area (Å²) in [6.45, 7) is 9.43. The van der Waals surface area contributed by atoms with E-state index >= 15 is 0 Å². The van der Waals surface area contributed by atoms with Gasteiger partial charge in [-0.15, -0.1) is 0 Å². The van der Waals surface area contributed by atoms with E-state index in [4.69, 9.17) is 5.73 Å². The van der Waals surface area contributed by atoms with Crippen LogP contribution in [-0.2, 0) is 19.4 Å². The Labute approximate surface area is 99.3 Å². The molecule has 90 valence electrons.